The molecule has 6 heteroatoms. The van der Waals surface area contributed by atoms with E-state index in [0.29, 0.717) is 24.3 Å². The maximum atomic E-state index is 12.7. The second-order valence-electron chi connectivity index (χ2n) is 4.85. The quantitative estimate of drug-likeness (QED) is 0.847. The van der Waals surface area contributed by atoms with E-state index in [1.165, 1.54) is 6.07 Å². The van der Waals surface area contributed by atoms with E-state index < -0.39 is 14.6 Å². The van der Waals surface area contributed by atoms with Gasteiger partial charge in [0.05, 0.1) is 21.3 Å². The van der Waals surface area contributed by atoms with Crippen LogP contribution in [-0.2, 0) is 14.6 Å². The van der Waals surface area contributed by atoms with Gasteiger partial charge in [0.1, 0.15) is 0 Å². The molecule has 4 nitrogen and oxygen atoms in total. The molecule has 1 atom stereocenters. The summed E-state index contributed by atoms with van der Waals surface area (Å²) in [5, 5.41) is 0.217. The van der Waals surface area contributed by atoms with Crippen LogP contribution < -0.4 is 5.73 Å². The third-order valence-electron chi connectivity index (χ3n) is 3.50. The average Bonchev–Trinajstić information content (AvgIpc) is 2.73. The van der Waals surface area contributed by atoms with E-state index >= 15 is 0 Å². The van der Waals surface area contributed by atoms with Crippen molar-refractivity contribution in [3.05, 3.63) is 22.7 Å². The standard InChI is InChI=1S/C12H16ClNO3S/c1-8-10(14)4-3-9(13)11(8)18(15,16)12(2)5-6-17-7-12/h3-4H,5-7,14H2,1-2H3/t12-/m0/s1. The van der Waals surface area contributed by atoms with Crippen molar-refractivity contribution in [1.82, 2.24) is 0 Å². The summed E-state index contributed by atoms with van der Waals surface area (Å²) >= 11 is 6.05. The minimum absolute atomic E-state index is 0.136. The van der Waals surface area contributed by atoms with Crippen LogP contribution in [-0.4, -0.2) is 26.4 Å². The van der Waals surface area contributed by atoms with Crippen LogP contribution in [0.2, 0.25) is 5.02 Å². The molecule has 1 aromatic rings. The Morgan fingerprint density at radius 3 is 2.67 bits per heavy atom. The first-order valence-electron chi connectivity index (χ1n) is 5.66. The molecule has 0 amide bonds. The average molecular weight is 290 g/mol. The highest BCUT2D eigenvalue weighted by atomic mass is 35.5. The van der Waals surface area contributed by atoms with Gasteiger partial charge in [-0.1, -0.05) is 11.6 Å². The van der Waals surface area contributed by atoms with E-state index in [4.69, 9.17) is 22.1 Å². The van der Waals surface area contributed by atoms with Crippen LogP contribution in [0.25, 0.3) is 0 Å². The van der Waals surface area contributed by atoms with Crippen LogP contribution >= 0.6 is 11.6 Å². The van der Waals surface area contributed by atoms with Crippen molar-refractivity contribution in [3.63, 3.8) is 0 Å². The molecule has 0 radical (unpaired) electrons. The molecule has 0 saturated carbocycles. The fraction of sp³-hybridized carbons (Fsp3) is 0.500. The highest BCUT2D eigenvalue weighted by Gasteiger charge is 2.45. The van der Waals surface area contributed by atoms with E-state index in [0.717, 1.165) is 0 Å². The Morgan fingerprint density at radius 2 is 2.11 bits per heavy atom. The molecule has 1 aromatic carbocycles. The lowest BCUT2D eigenvalue weighted by molar-refractivity contribution is 0.191. The third kappa shape index (κ3) is 1.90. The van der Waals surface area contributed by atoms with Gasteiger partial charge in [0.2, 0.25) is 0 Å². The van der Waals surface area contributed by atoms with Gasteiger partial charge < -0.3 is 10.5 Å². The molecule has 1 heterocycles. The molecule has 0 aromatic heterocycles. The number of ether oxygens (including phenoxy) is 1. The summed E-state index contributed by atoms with van der Waals surface area (Å²) in [4.78, 5) is 0.136. The first-order chi connectivity index (χ1) is 8.29. The van der Waals surface area contributed by atoms with E-state index in [1.54, 1.807) is 19.9 Å². The molecule has 2 rings (SSSR count). The minimum atomic E-state index is -3.56. The number of anilines is 1. The Hall–Kier alpha value is -0.780. The van der Waals surface area contributed by atoms with E-state index in [1.807, 2.05) is 0 Å². The monoisotopic (exact) mass is 289 g/mol. The predicted molar refractivity (Wildman–Crippen MR) is 71.6 cm³/mol. The molecule has 1 aliphatic heterocycles. The maximum absolute atomic E-state index is 12.7. The summed E-state index contributed by atoms with van der Waals surface area (Å²) < 4.78 is 29.8. The van der Waals surface area contributed by atoms with Crippen molar-refractivity contribution in [3.8, 4) is 0 Å². The SMILES string of the molecule is Cc1c(N)ccc(Cl)c1S(=O)(=O)[C@@]1(C)CCOC1. The van der Waals surface area contributed by atoms with Crippen LogP contribution in [0.1, 0.15) is 18.9 Å². The molecular formula is C12H16ClNO3S. The fourth-order valence-electron chi connectivity index (χ4n) is 2.11. The smallest absolute Gasteiger partial charge is 0.187 e. The van der Waals surface area contributed by atoms with Gasteiger partial charge in [-0.25, -0.2) is 8.42 Å². The van der Waals surface area contributed by atoms with Gasteiger partial charge >= 0.3 is 0 Å². The number of hydrogen-bond acceptors (Lipinski definition) is 4. The summed E-state index contributed by atoms with van der Waals surface area (Å²) in [6.45, 7) is 4.01. The normalized spacial score (nSPS) is 24.4. The Bertz CT molecular complexity index is 577. The van der Waals surface area contributed by atoms with Crippen LogP contribution in [0.15, 0.2) is 17.0 Å². The number of halogens is 1. The van der Waals surface area contributed by atoms with Gasteiger partial charge in [-0.15, -0.1) is 0 Å². The zero-order valence-corrected chi connectivity index (χ0v) is 11.9. The van der Waals surface area contributed by atoms with E-state index in [-0.39, 0.29) is 16.5 Å². The number of benzene rings is 1. The second-order valence-corrected chi connectivity index (χ2v) is 7.65. The maximum Gasteiger partial charge on any atom is 0.187 e. The summed E-state index contributed by atoms with van der Waals surface area (Å²) in [6, 6.07) is 3.14. The molecule has 0 unspecified atom stereocenters. The van der Waals surface area contributed by atoms with E-state index in [9.17, 15) is 8.42 Å². The summed E-state index contributed by atoms with van der Waals surface area (Å²) in [5.74, 6) is 0. The van der Waals surface area contributed by atoms with Gasteiger partial charge in [-0.05, 0) is 38.0 Å². The molecule has 18 heavy (non-hydrogen) atoms. The molecule has 2 N–H and O–H groups in total. The van der Waals surface area contributed by atoms with Crippen molar-refractivity contribution in [2.24, 2.45) is 0 Å². The summed E-state index contributed by atoms with van der Waals surface area (Å²) in [5.41, 5.74) is 6.71. The lowest BCUT2D eigenvalue weighted by Crippen LogP contribution is -2.36. The van der Waals surface area contributed by atoms with Gasteiger partial charge in [-0.3, -0.25) is 0 Å². The van der Waals surface area contributed by atoms with Gasteiger partial charge in [-0.2, -0.15) is 0 Å². The van der Waals surface area contributed by atoms with Crippen molar-refractivity contribution >= 4 is 27.1 Å². The number of rotatable bonds is 2. The van der Waals surface area contributed by atoms with Crippen LogP contribution in [0, 0.1) is 6.92 Å². The van der Waals surface area contributed by atoms with Crippen molar-refractivity contribution in [2.75, 3.05) is 18.9 Å². The molecule has 1 saturated heterocycles. The number of hydrogen-bond donors (Lipinski definition) is 1. The molecule has 1 fully saturated rings. The molecule has 0 spiro atoms. The molecule has 100 valence electrons. The largest absolute Gasteiger partial charge is 0.398 e. The lowest BCUT2D eigenvalue weighted by Gasteiger charge is -2.24. The summed E-state index contributed by atoms with van der Waals surface area (Å²) in [6.07, 6.45) is 0.472. The summed E-state index contributed by atoms with van der Waals surface area (Å²) in [7, 11) is -3.56. The van der Waals surface area contributed by atoms with Crippen LogP contribution in [0.3, 0.4) is 0 Å². The Balaban J connectivity index is 2.65. The second kappa shape index (κ2) is 4.40. The zero-order valence-electron chi connectivity index (χ0n) is 10.4. The van der Waals surface area contributed by atoms with Gasteiger partial charge in [0.25, 0.3) is 0 Å². The topological polar surface area (TPSA) is 69.4 Å². The Kier molecular flexibility index (Phi) is 3.34. The van der Waals surface area contributed by atoms with Crippen molar-refractivity contribution in [1.29, 1.82) is 0 Å². The van der Waals surface area contributed by atoms with Crippen LogP contribution in [0.5, 0.6) is 0 Å². The van der Waals surface area contributed by atoms with E-state index in [2.05, 4.69) is 0 Å². The molecular weight excluding hydrogens is 274 g/mol. The molecule has 0 aliphatic carbocycles. The number of nitrogen functional groups attached to an aromatic ring is 1. The molecule has 0 bridgehead atoms. The number of nitrogens with two attached hydrogens (primary N) is 1. The predicted octanol–water partition coefficient (Wildman–Crippen LogP) is 2.18. The number of sulfone groups is 1. The zero-order chi connectivity index (χ0) is 13.6. The Labute approximate surface area is 112 Å². The third-order valence-corrected chi connectivity index (χ3v) is 6.61. The van der Waals surface area contributed by atoms with Gasteiger partial charge in [0, 0.05) is 12.3 Å². The van der Waals surface area contributed by atoms with Gasteiger partial charge in [0.15, 0.2) is 9.84 Å². The molecule has 1 aliphatic rings. The van der Waals surface area contributed by atoms with Crippen molar-refractivity contribution < 1.29 is 13.2 Å². The highest BCUT2D eigenvalue weighted by Crippen LogP contribution is 2.39. The lowest BCUT2D eigenvalue weighted by atomic mass is 10.1. The Morgan fingerprint density at radius 1 is 1.44 bits per heavy atom. The van der Waals surface area contributed by atoms with Crippen molar-refractivity contribution in [2.45, 2.75) is 29.9 Å². The minimum Gasteiger partial charge on any atom is -0.398 e. The highest BCUT2D eigenvalue weighted by molar-refractivity contribution is 7.93. The first-order valence-corrected chi connectivity index (χ1v) is 7.53. The first kappa shape index (κ1) is 13.6. The van der Waals surface area contributed by atoms with Crippen LogP contribution in [0.4, 0.5) is 5.69 Å². The fourth-order valence-corrected chi connectivity index (χ4v) is 4.55.